The summed E-state index contributed by atoms with van der Waals surface area (Å²) in [5, 5.41) is 10.7. The first-order valence-corrected chi connectivity index (χ1v) is 6.28. The molecule has 2 rings (SSSR count). The third-order valence-corrected chi connectivity index (χ3v) is 2.96. The lowest BCUT2D eigenvalue weighted by atomic mass is 10.1. The van der Waals surface area contributed by atoms with Gasteiger partial charge in [-0.05, 0) is 24.3 Å². The van der Waals surface area contributed by atoms with Gasteiger partial charge < -0.3 is 10.5 Å². The number of ether oxygens (including phenoxy) is 1. The van der Waals surface area contributed by atoms with Gasteiger partial charge in [-0.1, -0.05) is 22.0 Å². The van der Waals surface area contributed by atoms with Gasteiger partial charge in [0.25, 0.3) is 11.6 Å². The first-order chi connectivity index (χ1) is 9.47. The Morgan fingerprint density at radius 3 is 2.60 bits per heavy atom. The molecule has 0 bridgehead atoms. The van der Waals surface area contributed by atoms with Crippen LogP contribution in [0, 0.1) is 10.1 Å². The van der Waals surface area contributed by atoms with Crippen LogP contribution in [-0.2, 0) is 0 Å². The summed E-state index contributed by atoms with van der Waals surface area (Å²) < 4.78 is 6.34. The smallest absolute Gasteiger partial charge is 0.270 e. The largest absolute Gasteiger partial charge is 0.456 e. The molecule has 0 aliphatic rings. The van der Waals surface area contributed by atoms with Gasteiger partial charge in [0.1, 0.15) is 11.5 Å². The highest BCUT2D eigenvalue weighted by Gasteiger charge is 2.16. The Bertz CT molecular complexity index is 688. The van der Waals surface area contributed by atoms with Crippen LogP contribution >= 0.6 is 15.9 Å². The molecule has 6 nitrogen and oxygen atoms in total. The number of hydrogen-bond acceptors (Lipinski definition) is 4. The lowest BCUT2D eigenvalue weighted by Crippen LogP contribution is -2.12. The summed E-state index contributed by atoms with van der Waals surface area (Å²) in [7, 11) is 0. The molecule has 0 fully saturated rings. The molecule has 0 saturated heterocycles. The number of nitrogens with zero attached hydrogens (tertiary/aromatic N) is 1. The van der Waals surface area contributed by atoms with Crippen LogP contribution in [0.25, 0.3) is 0 Å². The number of carbonyl (C=O) groups excluding carboxylic acids is 1. The first kappa shape index (κ1) is 14.0. The Hall–Kier alpha value is -2.41. The van der Waals surface area contributed by atoms with Crippen LogP contribution in [0.5, 0.6) is 11.5 Å². The molecule has 0 aromatic heterocycles. The van der Waals surface area contributed by atoms with Crippen molar-refractivity contribution in [3.63, 3.8) is 0 Å². The van der Waals surface area contributed by atoms with Crippen LogP contribution in [0.4, 0.5) is 5.69 Å². The number of nitrogens with two attached hydrogens (primary N) is 1. The number of nitro benzene ring substituents is 1. The summed E-state index contributed by atoms with van der Waals surface area (Å²) in [6.45, 7) is 0. The van der Waals surface area contributed by atoms with Gasteiger partial charge in [-0.3, -0.25) is 14.9 Å². The number of hydrogen-bond donors (Lipinski definition) is 1. The van der Waals surface area contributed by atoms with E-state index in [1.807, 2.05) is 6.07 Å². The second-order valence-corrected chi connectivity index (χ2v) is 4.78. The summed E-state index contributed by atoms with van der Waals surface area (Å²) >= 11 is 3.29. The van der Waals surface area contributed by atoms with Gasteiger partial charge in [0.05, 0.1) is 10.5 Å². The molecule has 2 aromatic carbocycles. The van der Waals surface area contributed by atoms with E-state index >= 15 is 0 Å². The summed E-state index contributed by atoms with van der Waals surface area (Å²) in [4.78, 5) is 21.5. The highest BCUT2D eigenvalue weighted by molar-refractivity contribution is 9.10. The van der Waals surface area contributed by atoms with Gasteiger partial charge in [0.2, 0.25) is 0 Å². The van der Waals surface area contributed by atoms with Gasteiger partial charge in [-0.15, -0.1) is 0 Å². The van der Waals surface area contributed by atoms with Crippen LogP contribution in [-0.4, -0.2) is 10.8 Å². The molecule has 0 atom stereocenters. The highest BCUT2D eigenvalue weighted by atomic mass is 79.9. The predicted molar refractivity (Wildman–Crippen MR) is 75.8 cm³/mol. The van der Waals surface area contributed by atoms with E-state index in [9.17, 15) is 14.9 Å². The molecule has 0 saturated carbocycles. The fourth-order valence-corrected chi connectivity index (χ4v) is 1.95. The van der Waals surface area contributed by atoms with Crippen LogP contribution in [0.3, 0.4) is 0 Å². The Labute approximate surface area is 122 Å². The molecular weight excluding hydrogens is 328 g/mol. The second kappa shape index (κ2) is 5.70. The van der Waals surface area contributed by atoms with Crippen molar-refractivity contribution in [1.82, 2.24) is 0 Å². The first-order valence-electron chi connectivity index (χ1n) is 5.49. The quantitative estimate of drug-likeness (QED) is 0.684. The molecule has 0 unspecified atom stereocenters. The highest BCUT2D eigenvalue weighted by Crippen LogP contribution is 2.29. The maximum Gasteiger partial charge on any atom is 0.270 e. The molecule has 2 N–H and O–H groups in total. The van der Waals surface area contributed by atoms with Gasteiger partial charge in [-0.2, -0.15) is 0 Å². The Balaban J connectivity index is 2.41. The number of carbonyl (C=O) groups is 1. The van der Waals surface area contributed by atoms with Crippen molar-refractivity contribution in [2.24, 2.45) is 5.73 Å². The van der Waals surface area contributed by atoms with Gasteiger partial charge >= 0.3 is 0 Å². The van der Waals surface area contributed by atoms with E-state index in [0.717, 1.165) is 10.5 Å². The molecular formula is C13H9BrN2O4. The minimum absolute atomic E-state index is 0.0424. The summed E-state index contributed by atoms with van der Waals surface area (Å²) in [6.07, 6.45) is 0. The van der Waals surface area contributed by atoms with Crippen LogP contribution in [0.1, 0.15) is 10.4 Å². The molecule has 102 valence electrons. The molecule has 0 heterocycles. The minimum Gasteiger partial charge on any atom is -0.456 e. The van der Waals surface area contributed by atoms with Gasteiger partial charge in [0, 0.05) is 16.6 Å². The molecule has 0 aliphatic heterocycles. The minimum atomic E-state index is -0.793. The number of non-ortho nitro benzene ring substituents is 1. The van der Waals surface area contributed by atoms with E-state index in [-0.39, 0.29) is 17.0 Å². The standard InChI is InChI=1S/C13H9BrN2O4/c14-8-2-1-3-10(6-8)20-12-5-4-9(16(18)19)7-11(12)13(15)17/h1-7H,(H2,15,17). The van der Waals surface area contributed by atoms with Gasteiger partial charge in [0.15, 0.2) is 0 Å². The molecule has 2 aromatic rings. The number of amides is 1. The van der Waals surface area contributed by atoms with Crippen molar-refractivity contribution in [2.75, 3.05) is 0 Å². The Morgan fingerprint density at radius 2 is 2.00 bits per heavy atom. The number of rotatable bonds is 4. The average Bonchev–Trinajstić information content (AvgIpc) is 2.38. The van der Waals surface area contributed by atoms with E-state index in [0.29, 0.717) is 5.75 Å². The summed E-state index contributed by atoms with van der Waals surface area (Å²) in [5.74, 6) is -0.143. The zero-order chi connectivity index (χ0) is 14.7. The normalized spacial score (nSPS) is 10.1. The van der Waals surface area contributed by atoms with E-state index in [1.54, 1.807) is 18.2 Å². The maximum atomic E-state index is 11.4. The van der Waals surface area contributed by atoms with Crippen molar-refractivity contribution in [3.8, 4) is 11.5 Å². The van der Waals surface area contributed by atoms with Crippen LogP contribution < -0.4 is 10.5 Å². The molecule has 7 heteroatoms. The molecule has 0 spiro atoms. The fraction of sp³-hybridized carbons (Fsp3) is 0. The predicted octanol–water partition coefficient (Wildman–Crippen LogP) is 3.25. The maximum absolute atomic E-state index is 11.4. The summed E-state index contributed by atoms with van der Waals surface area (Å²) in [6, 6.07) is 10.7. The second-order valence-electron chi connectivity index (χ2n) is 3.86. The monoisotopic (exact) mass is 336 g/mol. The fourth-order valence-electron chi connectivity index (χ4n) is 1.57. The third kappa shape index (κ3) is 3.12. The third-order valence-electron chi connectivity index (χ3n) is 2.46. The molecule has 20 heavy (non-hydrogen) atoms. The SMILES string of the molecule is NC(=O)c1cc([N+](=O)[O-])ccc1Oc1cccc(Br)c1. The zero-order valence-corrected chi connectivity index (χ0v) is 11.7. The van der Waals surface area contributed by atoms with Crippen molar-refractivity contribution < 1.29 is 14.5 Å². The van der Waals surface area contributed by atoms with E-state index in [1.165, 1.54) is 12.1 Å². The Kier molecular flexibility index (Phi) is 3.99. The van der Waals surface area contributed by atoms with Crippen molar-refractivity contribution >= 4 is 27.5 Å². The number of benzene rings is 2. The summed E-state index contributed by atoms with van der Waals surface area (Å²) in [5.41, 5.74) is 4.95. The molecule has 0 aliphatic carbocycles. The van der Waals surface area contributed by atoms with Crippen molar-refractivity contribution in [3.05, 3.63) is 62.6 Å². The van der Waals surface area contributed by atoms with E-state index in [4.69, 9.17) is 10.5 Å². The van der Waals surface area contributed by atoms with Crippen molar-refractivity contribution in [2.45, 2.75) is 0 Å². The number of nitro groups is 1. The van der Waals surface area contributed by atoms with Crippen LogP contribution in [0.2, 0.25) is 0 Å². The van der Waals surface area contributed by atoms with Gasteiger partial charge in [-0.25, -0.2) is 0 Å². The zero-order valence-electron chi connectivity index (χ0n) is 10.1. The molecule has 0 radical (unpaired) electrons. The molecule has 1 amide bonds. The van der Waals surface area contributed by atoms with Crippen molar-refractivity contribution in [1.29, 1.82) is 0 Å². The topological polar surface area (TPSA) is 95.5 Å². The van der Waals surface area contributed by atoms with E-state index < -0.39 is 10.8 Å². The van der Waals surface area contributed by atoms with Crippen LogP contribution in [0.15, 0.2) is 46.9 Å². The number of halogens is 1. The van der Waals surface area contributed by atoms with E-state index in [2.05, 4.69) is 15.9 Å². The Morgan fingerprint density at radius 1 is 1.25 bits per heavy atom. The lowest BCUT2D eigenvalue weighted by molar-refractivity contribution is -0.384. The lowest BCUT2D eigenvalue weighted by Gasteiger charge is -2.09. The number of primary amides is 1. The average molecular weight is 337 g/mol.